The second-order valence-corrected chi connectivity index (χ2v) is 5.97. The molecule has 0 saturated heterocycles. The number of benzene rings is 1. The fourth-order valence-electron chi connectivity index (χ4n) is 2.37. The minimum absolute atomic E-state index is 0.473. The van der Waals surface area contributed by atoms with Crippen LogP contribution in [0.5, 0.6) is 0 Å². The summed E-state index contributed by atoms with van der Waals surface area (Å²) in [5.74, 6) is 0. The predicted molar refractivity (Wildman–Crippen MR) is 87.2 cm³/mol. The van der Waals surface area contributed by atoms with Gasteiger partial charge < -0.3 is 10.1 Å². The summed E-state index contributed by atoms with van der Waals surface area (Å²) in [5, 5.41) is 3.54. The minimum Gasteiger partial charge on any atom is -0.380 e. The van der Waals surface area contributed by atoms with Gasteiger partial charge >= 0.3 is 0 Å². The van der Waals surface area contributed by atoms with Crippen LogP contribution in [0.2, 0.25) is 0 Å². The van der Waals surface area contributed by atoms with Gasteiger partial charge in [-0.05, 0) is 42.3 Å². The molecule has 1 aromatic carbocycles. The minimum atomic E-state index is 0.473. The summed E-state index contributed by atoms with van der Waals surface area (Å²) in [6, 6.07) is 13.5. The van der Waals surface area contributed by atoms with E-state index in [1.165, 1.54) is 20.9 Å². The normalized spacial score (nSPS) is 12.6. The molecule has 2 rings (SSSR count). The van der Waals surface area contributed by atoms with Crippen molar-refractivity contribution in [2.75, 3.05) is 13.7 Å². The van der Waals surface area contributed by atoms with Crippen LogP contribution in [-0.4, -0.2) is 13.7 Å². The van der Waals surface area contributed by atoms with Crippen LogP contribution in [0.15, 0.2) is 36.4 Å². The summed E-state index contributed by atoms with van der Waals surface area (Å²) >= 11 is 1.88. The summed E-state index contributed by atoms with van der Waals surface area (Å²) < 4.78 is 5.20. The number of hydrogen-bond acceptors (Lipinski definition) is 3. The number of rotatable bonds is 7. The van der Waals surface area contributed by atoms with Crippen LogP contribution >= 0.6 is 11.3 Å². The highest BCUT2D eigenvalue weighted by molar-refractivity contribution is 7.15. The van der Waals surface area contributed by atoms with Gasteiger partial charge in [0, 0.05) is 22.9 Å². The molecule has 0 fully saturated rings. The van der Waals surface area contributed by atoms with Crippen molar-refractivity contribution in [3.8, 4) is 10.4 Å². The van der Waals surface area contributed by atoms with E-state index in [9.17, 15) is 0 Å². The molecule has 0 aliphatic carbocycles. The van der Waals surface area contributed by atoms with Crippen LogP contribution in [0.25, 0.3) is 10.4 Å². The van der Waals surface area contributed by atoms with Crippen molar-refractivity contribution in [2.45, 2.75) is 32.9 Å². The van der Waals surface area contributed by atoms with Crippen LogP contribution < -0.4 is 5.32 Å². The third-order valence-electron chi connectivity index (χ3n) is 3.35. The van der Waals surface area contributed by atoms with E-state index < -0.39 is 0 Å². The first-order valence-corrected chi connectivity index (χ1v) is 8.01. The Kier molecular flexibility index (Phi) is 5.77. The Morgan fingerprint density at radius 1 is 1.20 bits per heavy atom. The zero-order valence-corrected chi connectivity index (χ0v) is 13.3. The Bertz CT molecular complexity index is 535. The Balaban J connectivity index is 2.21. The topological polar surface area (TPSA) is 21.3 Å². The van der Waals surface area contributed by atoms with Gasteiger partial charge in [-0.3, -0.25) is 0 Å². The van der Waals surface area contributed by atoms with Crippen molar-refractivity contribution in [1.82, 2.24) is 5.32 Å². The molecule has 0 aliphatic heterocycles. The summed E-state index contributed by atoms with van der Waals surface area (Å²) in [4.78, 5) is 2.75. The first kappa shape index (κ1) is 15.2. The Hall–Kier alpha value is -1.16. The lowest BCUT2D eigenvalue weighted by molar-refractivity contribution is 0.185. The van der Waals surface area contributed by atoms with Crippen LogP contribution in [-0.2, 0) is 11.3 Å². The highest BCUT2D eigenvalue weighted by Gasteiger charge is 2.11. The lowest BCUT2D eigenvalue weighted by Gasteiger charge is -2.13. The molecule has 108 valence electrons. The smallest absolute Gasteiger partial charge is 0.0713 e. The molecule has 0 aliphatic rings. The van der Waals surface area contributed by atoms with Gasteiger partial charge in [0.1, 0.15) is 0 Å². The van der Waals surface area contributed by atoms with Gasteiger partial charge in [0.15, 0.2) is 0 Å². The SMILES string of the molecule is CCNC(CC)c1ccc(-c2cccc(COC)c2)s1. The van der Waals surface area contributed by atoms with E-state index in [1.54, 1.807) is 7.11 Å². The lowest BCUT2D eigenvalue weighted by Crippen LogP contribution is -2.18. The number of nitrogens with one attached hydrogen (secondary N) is 1. The molecule has 1 atom stereocenters. The van der Waals surface area contributed by atoms with Crippen molar-refractivity contribution >= 4 is 11.3 Å². The lowest BCUT2D eigenvalue weighted by atomic mass is 10.1. The van der Waals surface area contributed by atoms with E-state index in [0.29, 0.717) is 12.6 Å². The van der Waals surface area contributed by atoms with Gasteiger partial charge in [-0.2, -0.15) is 0 Å². The second kappa shape index (κ2) is 7.58. The molecule has 1 N–H and O–H groups in total. The largest absolute Gasteiger partial charge is 0.380 e. The standard InChI is InChI=1S/C17H23NOS/c1-4-15(18-5-2)17-10-9-16(20-17)14-8-6-7-13(11-14)12-19-3/h6-11,15,18H,4-5,12H2,1-3H3. The molecular formula is C17H23NOS. The van der Waals surface area contributed by atoms with Gasteiger partial charge in [-0.15, -0.1) is 11.3 Å². The monoisotopic (exact) mass is 289 g/mol. The summed E-state index contributed by atoms with van der Waals surface area (Å²) in [7, 11) is 1.73. The molecule has 2 aromatic rings. The first-order chi connectivity index (χ1) is 9.78. The Morgan fingerprint density at radius 2 is 2.05 bits per heavy atom. The van der Waals surface area contributed by atoms with Crippen molar-refractivity contribution in [3.63, 3.8) is 0 Å². The third-order valence-corrected chi connectivity index (χ3v) is 4.60. The predicted octanol–water partition coefficient (Wildman–Crippen LogP) is 4.62. The second-order valence-electron chi connectivity index (χ2n) is 4.85. The average Bonchev–Trinajstić information content (AvgIpc) is 2.95. The van der Waals surface area contributed by atoms with E-state index in [2.05, 4.69) is 55.6 Å². The quantitative estimate of drug-likeness (QED) is 0.803. The van der Waals surface area contributed by atoms with Crippen molar-refractivity contribution in [1.29, 1.82) is 0 Å². The maximum atomic E-state index is 5.20. The maximum Gasteiger partial charge on any atom is 0.0713 e. The summed E-state index contributed by atoms with van der Waals surface area (Å²) in [6.07, 6.45) is 1.12. The van der Waals surface area contributed by atoms with Crippen LogP contribution in [0.4, 0.5) is 0 Å². The molecule has 0 radical (unpaired) electrons. The van der Waals surface area contributed by atoms with Gasteiger partial charge in [0.25, 0.3) is 0 Å². The molecule has 0 saturated carbocycles. The van der Waals surface area contributed by atoms with Crippen LogP contribution in [0.3, 0.4) is 0 Å². The van der Waals surface area contributed by atoms with E-state index in [-0.39, 0.29) is 0 Å². The Morgan fingerprint density at radius 3 is 2.75 bits per heavy atom. The molecule has 1 unspecified atom stereocenters. The molecule has 0 bridgehead atoms. The summed E-state index contributed by atoms with van der Waals surface area (Å²) in [6.45, 7) is 6.06. The van der Waals surface area contributed by atoms with Crippen LogP contribution in [0.1, 0.15) is 36.8 Å². The number of thiophene rings is 1. The van der Waals surface area contributed by atoms with Crippen molar-refractivity contribution in [2.24, 2.45) is 0 Å². The molecule has 3 heteroatoms. The highest BCUT2D eigenvalue weighted by atomic mass is 32.1. The molecular weight excluding hydrogens is 266 g/mol. The Labute approximate surface area is 125 Å². The third kappa shape index (κ3) is 3.69. The highest BCUT2D eigenvalue weighted by Crippen LogP contribution is 2.32. The van der Waals surface area contributed by atoms with Crippen molar-refractivity contribution < 1.29 is 4.74 Å². The molecule has 0 amide bonds. The molecule has 2 nitrogen and oxygen atoms in total. The molecule has 0 spiro atoms. The molecule has 1 aromatic heterocycles. The van der Waals surface area contributed by atoms with E-state index in [1.807, 2.05) is 11.3 Å². The summed E-state index contributed by atoms with van der Waals surface area (Å²) in [5.41, 5.74) is 2.50. The van der Waals surface area contributed by atoms with Gasteiger partial charge in [-0.25, -0.2) is 0 Å². The maximum absolute atomic E-state index is 5.20. The zero-order chi connectivity index (χ0) is 14.4. The number of ether oxygens (including phenoxy) is 1. The fraction of sp³-hybridized carbons (Fsp3) is 0.412. The van der Waals surface area contributed by atoms with E-state index >= 15 is 0 Å². The number of methoxy groups -OCH3 is 1. The zero-order valence-electron chi connectivity index (χ0n) is 12.5. The first-order valence-electron chi connectivity index (χ1n) is 7.19. The van der Waals surface area contributed by atoms with Crippen LogP contribution in [0, 0.1) is 0 Å². The van der Waals surface area contributed by atoms with Gasteiger partial charge in [-0.1, -0.05) is 32.0 Å². The van der Waals surface area contributed by atoms with Gasteiger partial charge in [0.05, 0.1) is 6.61 Å². The fourth-order valence-corrected chi connectivity index (χ4v) is 3.53. The molecule has 1 heterocycles. The average molecular weight is 289 g/mol. The van der Waals surface area contributed by atoms with Crippen molar-refractivity contribution in [3.05, 3.63) is 46.8 Å². The molecule has 20 heavy (non-hydrogen) atoms. The van der Waals surface area contributed by atoms with Gasteiger partial charge in [0.2, 0.25) is 0 Å². The number of hydrogen-bond donors (Lipinski definition) is 1. The van der Waals surface area contributed by atoms with E-state index in [4.69, 9.17) is 4.74 Å². The van der Waals surface area contributed by atoms with E-state index in [0.717, 1.165) is 13.0 Å².